The van der Waals surface area contributed by atoms with Crippen molar-refractivity contribution in [2.75, 3.05) is 37.9 Å². The molecule has 3 N–H and O–H groups in total. The van der Waals surface area contributed by atoms with Gasteiger partial charge in [-0.05, 0) is 49.5 Å². The van der Waals surface area contributed by atoms with Gasteiger partial charge in [0.2, 0.25) is 0 Å². The standard InChI is InChI=1S/C20H25FN4O/c1-5-24-20(25-16-8-6-15(23-4)7-9-16)19-14(2)12-17(13-18(19)21)26-11-10-22-3/h5-9,12-13,22-23,25H,2,10-11H2,1,3-4H3/b20-19-,24-5?. The Kier molecular flexibility index (Phi) is 7.17. The van der Waals surface area contributed by atoms with E-state index in [9.17, 15) is 4.39 Å². The first-order chi connectivity index (χ1) is 12.6. The molecule has 6 heteroatoms. The zero-order chi connectivity index (χ0) is 18.9. The summed E-state index contributed by atoms with van der Waals surface area (Å²) in [5.74, 6) is 0.413. The monoisotopic (exact) mass is 356 g/mol. The summed E-state index contributed by atoms with van der Waals surface area (Å²) in [4.78, 5) is 4.29. The van der Waals surface area contributed by atoms with Gasteiger partial charge < -0.3 is 20.7 Å². The van der Waals surface area contributed by atoms with E-state index in [4.69, 9.17) is 4.74 Å². The van der Waals surface area contributed by atoms with Crippen molar-refractivity contribution in [1.82, 2.24) is 5.32 Å². The normalized spacial score (nSPS) is 12.2. The van der Waals surface area contributed by atoms with Gasteiger partial charge in [-0.15, -0.1) is 0 Å². The summed E-state index contributed by atoms with van der Waals surface area (Å²) in [6.07, 6.45) is 1.61. The van der Waals surface area contributed by atoms with Crippen LogP contribution in [0.4, 0.5) is 15.8 Å². The van der Waals surface area contributed by atoms with Crippen molar-refractivity contribution in [3.05, 3.63) is 52.7 Å². The van der Waals surface area contributed by atoms with E-state index in [0.717, 1.165) is 11.4 Å². The fraction of sp³-hybridized carbons (Fsp3) is 0.250. The molecule has 5 nitrogen and oxygen atoms in total. The number of halogens is 1. The molecule has 2 aromatic rings. The van der Waals surface area contributed by atoms with Crippen molar-refractivity contribution in [2.24, 2.45) is 4.99 Å². The van der Waals surface area contributed by atoms with Gasteiger partial charge in [-0.25, -0.2) is 9.38 Å². The Labute approximate surface area is 153 Å². The minimum Gasteiger partial charge on any atom is -0.492 e. The highest BCUT2D eigenvalue weighted by atomic mass is 19.1. The van der Waals surface area contributed by atoms with Crippen LogP contribution in [-0.2, 0) is 0 Å². The number of anilines is 2. The Morgan fingerprint density at radius 3 is 2.46 bits per heavy atom. The van der Waals surface area contributed by atoms with Gasteiger partial charge in [0.15, 0.2) is 0 Å². The number of nitrogens with one attached hydrogen (secondary N) is 3. The number of hydrogen-bond acceptors (Lipinski definition) is 5. The quantitative estimate of drug-likeness (QED) is 0.501. The summed E-state index contributed by atoms with van der Waals surface area (Å²) in [5.41, 5.74) is 1.79. The first-order valence-electron chi connectivity index (χ1n) is 8.42. The van der Waals surface area contributed by atoms with E-state index in [1.54, 1.807) is 19.2 Å². The van der Waals surface area contributed by atoms with Crippen LogP contribution in [0.25, 0.3) is 12.4 Å². The molecule has 0 atom stereocenters. The molecule has 0 bridgehead atoms. The minimum absolute atomic E-state index is 0.321. The van der Waals surface area contributed by atoms with Crippen LogP contribution in [0.5, 0.6) is 5.75 Å². The average Bonchev–Trinajstić information content (AvgIpc) is 2.62. The molecule has 0 aromatic heterocycles. The van der Waals surface area contributed by atoms with Crippen molar-refractivity contribution in [3.63, 3.8) is 0 Å². The molecule has 0 aliphatic heterocycles. The highest BCUT2D eigenvalue weighted by Gasteiger charge is 2.07. The molecular formula is C20H25FN4O. The molecule has 0 aliphatic carbocycles. The Balaban J connectivity index is 2.41. The van der Waals surface area contributed by atoms with Crippen molar-refractivity contribution >= 4 is 30.0 Å². The largest absolute Gasteiger partial charge is 0.492 e. The molecule has 0 heterocycles. The van der Waals surface area contributed by atoms with Gasteiger partial charge in [0.05, 0.1) is 5.22 Å². The molecule has 0 saturated heterocycles. The van der Waals surface area contributed by atoms with Gasteiger partial charge in [0.1, 0.15) is 24.0 Å². The highest BCUT2D eigenvalue weighted by Crippen LogP contribution is 2.15. The summed E-state index contributed by atoms with van der Waals surface area (Å²) in [6, 6.07) is 10.7. The fourth-order valence-corrected chi connectivity index (χ4v) is 2.40. The smallest absolute Gasteiger partial charge is 0.140 e. The van der Waals surface area contributed by atoms with Gasteiger partial charge in [-0.3, -0.25) is 0 Å². The highest BCUT2D eigenvalue weighted by molar-refractivity contribution is 5.72. The van der Waals surface area contributed by atoms with Crippen LogP contribution in [0.3, 0.4) is 0 Å². The zero-order valence-corrected chi connectivity index (χ0v) is 15.4. The lowest BCUT2D eigenvalue weighted by Gasteiger charge is -2.10. The molecular weight excluding hydrogens is 331 g/mol. The predicted octanol–water partition coefficient (Wildman–Crippen LogP) is 2.14. The first-order valence-corrected chi connectivity index (χ1v) is 8.42. The summed E-state index contributed by atoms with van der Waals surface area (Å²) >= 11 is 0. The molecule has 26 heavy (non-hydrogen) atoms. The van der Waals surface area contributed by atoms with Crippen LogP contribution in [0.1, 0.15) is 6.92 Å². The zero-order valence-electron chi connectivity index (χ0n) is 15.4. The summed E-state index contributed by atoms with van der Waals surface area (Å²) in [5, 5.41) is 10.0. The second-order valence-corrected chi connectivity index (χ2v) is 5.58. The number of rotatable bonds is 8. The van der Waals surface area contributed by atoms with Gasteiger partial charge in [-0.1, -0.05) is 6.58 Å². The molecule has 0 amide bonds. The molecule has 0 spiro atoms. The van der Waals surface area contributed by atoms with Crippen LogP contribution in [0, 0.1) is 5.82 Å². The van der Waals surface area contributed by atoms with Crippen LogP contribution in [-0.4, -0.2) is 33.5 Å². The summed E-state index contributed by atoms with van der Waals surface area (Å²) in [7, 11) is 3.69. The molecule has 0 unspecified atom stereocenters. The SMILES string of the molecule is C=c1cc(OCCNC)cc(F)/c1=C(/N=CC)Nc1ccc(NC)cc1. The van der Waals surface area contributed by atoms with E-state index < -0.39 is 5.82 Å². The third-order valence-electron chi connectivity index (χ3n) is 3.70. The molecule has 138 valence electrons. The van der Waals surface area contributed by atoms with Crippen molar-refractivity contribution < 1.29 is 9.13 Å². The van der Waals surface area contributed by atoms with Gasteiger partial charge in [0, 0.05) is 37.2 Å². The minimum atomic E-state index is -0.433. The van der Waals surface area contributed by atoms with Crippen molar-refractivity contribution in [3.8, 4) is 5.75 Å². The summed E-state index contributed by atoms with van der Waals surface area (Å²) in [6.45, 7) is 6.87. The molecule has 2 rings (SSSR count). The van der Waals surface area contributed by atoms with E-state index in [1.165, 1.54) is 6.07 Å². The molecule has 0 saturated carbocycles. The van der Waals surface area contributed by atoms with Crippen molar-refractivity contribution in [1.29, 1.82) is 0 Å². The number of likely N-dealkylation sites (N-methyl/N-ethyl adjacent to an activating group) is 1. The van der Waals surface area contributed by atoms with Crippen LogP contribution in [0.15, 0.2) is 41.4 Å². The molecule has 0 fully saturated rings. The Bertz CT molecular complexity index is 863. The van der Waals surface area contributed by atoms with Crippen LogP contribution >= 0.6 is 0 Å². The second kappa shape index (κ2) is 9.58. The Morgan fingerprint density at radius 2 is 1.88 bits per heavy atom. The fourth-order valence-electron chi connectivity index (χ4n) is 2.40. The first kappa shape index (κ1) is 19.5. The predicted molar refractivity (Wildman–Crippen MR) is 108 cm³/mol. The molecule has 2 aromatic carbocycles. The Hall–Kier alpha value is -2.86. The third-order valence-corrected chi connectivity index (χ3v) is 3.70. The van der Waals surface area contributed by atoms with Crippen molar-refractivity contribution in [2.45, 2.75) is 6.92 Å². The number of benzene rings is 2. The van der Waals surface area contributed by atoms with Gasteiger partial charge in [-0.2, -0.15) is 0 Å². The maximum absolute atomic E-state index is 14.7. The number of nitrogens with zero attached hydrogens (tertiary/aromatic N) is 1. The van der Waals surface area contributed by atoms with E-state index in [2.05, 4.69) is 27.5 Å². The maximum atomic E-state index is 14.7. The van der Waals surface area contributed by atoms with Crippen LogP contribution < -0.4 is 31.1 Å². The van der Waals surface area contributed by atoms with E-state index in [-0.39, 0.29) is 0 Å². The average molecular weight is 356 g/mol. The number of aliphatic imine (C=N–C) groups is 1. The number of hydrogen-bond donors (Lipinski definition) is 3. The van der Waals surface area contributed by atoms with Gasteiger partial charge in [0.25, 0.3) is 0 Å². The van der Waals surface area contributed by atoms with E-state index in [0.29, 0.717) is 35.2 Å². The lowest BCUT2D eigenvalue weighted by Crippen LogP contribution is -2.31. The van der Waals surface area contributed by atoms with E-state index in [1.807, 2.05) is 38.4 Å². The topological polar surface area (TPSA) is 57.7 Å². The summed E-state index contributed by atoms with van der Waals surface area (Å²) < 4.78 is 20.3. The maximum Gasteiger partial charge on any atom is 0.140 e. The van der Waals surface area contributed by atoms with Gasteiger partial charge >= 0.3 is 0 Å². The second-order valence-electron chi connectivity index (χ2n) is 5.58. The number of ether oxygens (including phenoxy) is 1. The van der Waals surface area contributed by atoms with Crippen LogP contribution in [0.2, 0.25) is 0 Å². The third kappa shape index (κ3) is 5.07. The van der Waals surface area contributed by atoms with E-state index >= 15 is 0 Å². The Morgan fingerprint density at radius 1 is 1.19 bits per heavy atom. The lowest BCUT2D eigenvalue weighted by molar-refractivity contribution is 0.316. The lowest BCUT2D eigenvalue weighted by atomic mass is 10.2. The molecule has 0 aliphatic rings. The molecule has 0 radical (unpaired) electrons.